The fraction of sp³-hybridized carbons (Fsp3) is 0.400. The van der Waals surface area contributed by atoms with Gasteiger partial charge in [0.2, 0.25) is 0 Å². The number of benzene rings is 2. The number of hydrogen-bond donors (Lipinski definition) is 3. The van der Waals surface area contributed by atoms with E-state index >= 15 is 0 Å². The molecule has 5 heteroatoms. The highest BCUT2D eigenvalue weighted by atomic mass is 35.5. The van der Waals surface area contributed by atoms with Crippen LogP contribution in [-0.4, -0.2) is 31.3 Å². The lowest BCUT2D eigenvalue weighted by atomic mass is 10.1. The Hall–Kier alpha value is -1.59. The van der Waals surface area contributed by atoms with Gasteiger partial charge in [-0.3, -0.25) is 0 Å². The van der Waals surface area contributed by atoms with E-state index in [1.165, 1.54) is 5.56 Å². The van der Waals surface area contributed by atoms with E-state index in [-0.39, 0.29) is 6.61 Å². The minimum atomic E-state index is 0.178. The first-order valence-corrected chi connectivity index (χ1v) is 9.06. The molecule has 4 nitrogen and oxygen atoms in total. The van der Waals surface area contributed by atoms with Crippen molar-refractivity contribution in [1.82, 2.24) is 10.6 Å². The first-order valence-electron chi connectivity index (χ1n) is 8.68. The van der Waals surface area contributed by atoms with Gasteiger partial charge in [0.25, 0.3) is 0 Å². The van der Waals surface area contributed by atoms with Crippen LogP contribution < -0.4 is 15.4 Å². The monoisotopic (exact) mass is 362 g/mol. The second kappa shape index (κ2) is 11.1. The summed E-state index contributed by atoms with van der Waals surface area (Å²) in [5.41, 5.74) is 3.45. The summed E-state index contributed by atoms with van der Waals surface area (Å²) in [4.78, 5) is 0. The van der Waals surface area contributed by atoms with Crippen molar-refractivity contribution in [2.24, 2.45) is 0 Å². The first-order chi connectivity index (χ1) is 12.2. The van der Waals surface area contributed by atoms with Crippen LogP contribution >= 0.6 is 11.6 Å². The maximum absolute atomic E-state index is 8.72. The fourth-order valence-electron chi connectivity index (χ4n) is 2.44. The average molecular weight is 363 g/mol. The number of aliphatic hydroxyl groups excluding tert-OH is 1. The second-order valence-electron chi connectivity index (χ2n) is 6.03. The molecule has 2 aromatic carbocycles. The van der Waals surface area contributed by atoms with Crippen molar-refractivity contribution in [1.29, 1.82) is 0 Å². The third kappa shape index (κ3) is 7.45. The molecule has 0 aliphatic rings. The molecule has 2 rings (SSSR count). The van der Waals surface area contributed by atoms with Gasteiger partial charge in [-0.15, -0.1) is 0 Å². The van der Waals surface area contributed by atoms with Gasteiger partial charge >= 0.3 is 0 Å². The standard InChI is InChI=1S/C20H27ClN2O2/c1-16-3-5-17(6-4-16)15-25-20-8-7-19(21)13-18(20)14-23-10-2-9-22-11-12-24/h3-8,13,22-24H,2,9-12,14-15H2,1H3. The zero-order valence-corrected chi connectivity index (χ0v) is 15.5. The summed E-state index contributed by atoms with van der Waals surface area (Å²) < 4.78 is 5.99. The quantitative estimate of drug-likeness (QED) is 0.537. The zero-order chi connectivity index (χ0) is 17.9. The Bertz CT molecular complexity index is 632. The Morgan fingerprint density at radius 1 is 1.00 bits per heavy atom. The molecule has 0 aliphatic carbocycles. The summed E-state index contributed by atoms with van der Waals surface area (Å²) >= 11 is 6.13. The minimum Gasteiger partial charge on any atom is -0.489 e. The lowest BCUT2D eigenvalue weighted by Gasteiger charge is -2.13. The Morgan fingerprint density at radius 2 is 1.76 bits per heavy atom. The highest BCUT2D eigenvalue weighted by Crippen LogP contribution is 2.24. The number of halogens is 1. The predicted molar refractivity (Wildman–Crippen MR) is 103 cm³/mol. The van der Waals surface area contributed by atoms with Gasteiger partial charge in [-0.1, -0.05) is 41.4 Å². The van der Waals surface area contributed by atoms with Crippen LogP contribution in [0.25, 0.3) is 0 Å². The van der Waals surface area contributed by atoms with E-state index < -0.39 is 0 Å². The lowest BCUT2D eigenvalue weighted by Crippen LogP contribution is -2.24. The van der Waals surface area contributed by atoms with Crippen LogP contribution in [0.2, 0.25) is 5.02 Å². The molecule has 0 bridgehead atoms. The van der Waals surface area contributed by atoms with Crippen LogP contribution in [0.15, 0.2) is 42.5 Å². The van der Waals surface area contributed by atoms with Gasteiger partial charge in [0.15, 0.2) is 0 Å². The summed E-state index contributed by atoms with van der Waals surface area (Å²) in [5.74, 6) is 0.857. The van der Waals surface area contributed by atoms with Gasteiger partial charge in [-0.05, 0) is 50.2 Å². The lowest BCUT2D eigenvalue weighted by molar-refractivity contribution is 0.292. The number of nitrogens with one attached hydrogen (secondary N) is 2. The fourth-order valence-corrected chi connectivity index (χ4v) is 2.63. The Kier molecular flexibility index (Phi) is 8.77. The van der Waals surface area contributed by atoms with E-state index in [4.69, 9.17) is 21.4 Å². The van der Waals surface area contributed by atoms with E-state index in [9.17, 15) is 0 Å². The molecule has 0 saturated carbocycles. The topological polar surface area (TPSA) is 53.5 Å². The molecular formula is C20H27ClN2O2. The average Bonchev–Trinajstić information content (AvgIpc) is 2.61. The van der Waals surface area contributed by atoms with Crippen molar-refractivity contribution in [3.05, 3.63) is 64.2 Å². The molecule has 0 heterocycles. The molecule has 2 aromatic rings. The van der Waals surface area contributed by atoms with Gasteiger partial charge in [-0.25, -0.2) is 0 Å². The van der Waals surface area contributed by atoms with Gasteiger partial charge in [0.1, 0.15) is 12.4 Å². The normalized spacial score (nSPS) is 10.8. The summed E-state index contributed by atoms with van der Waals surface area (Å²) in [5, 5.41) is 16.0. The molecule has 136 valence electrons. The summed E-state index contributed by atoms with van der Waals surface area (Å²) in [7, 11) is 0. The number of aliphatic hydroxyl groups is 1. The Balaban J connectivity index is 1.83. The van der Waals surface area contributed by atoms with Crippen molar-refractivity contribution >= 4 is 11.6 Å². The largest absolute Gasteiger partial charge is 0.489 e. The summed E-state index contributed by atoms with van der Waals surface area (Å²) in [6.45, 7) is 5.93. The molecule has 0 saturated heterocycles. The van der Waals surface area contributed by atoms with E-state index in [1.807, 2.05) is 18.2 Å². The summed E-state index contributed by atoms with van der Waals surface area (Å²) in [6, 6.07) is 14.1. The third-order valence-corrected chi connectivity index (χ3v) is 4.08. The predicted octanol–water partition coefficient (Wildman–Crippen LogP) is 3.29. The molecule has 0 spiro atoms. The minimum absolute atomic E-state index is 0.178. The van der Waals surface area contributed by atoms with Crippen LogP contribution in [0.4, 0.5) is 0 Å². The van der Waals surface area contributed by atoms with Crippen molar-refractivity contribution < 1.29 is 9.84 Å². The van der Waals surface area contributed by atoms with E-state index in [1.54, 1.807) is 0 Å². The van der Waals surface area contributed by atoms with E-state index in [0.29, 0.717) is 24.7 Å². The number of rotatable bonds is 11. The van der Waals surface area contributed by atoms with Crippen LogP contribution in [-0.2, 0) is 13.2 Å². The number of aryl methyl sites for hydroxylation is 1. The SMILES string of the molecule is Cc1ccc(COc2ccc(Cl)cc2CNCCCNCCO)cc1. The Morgan fingerprint density at radius 3 is 2.52 bits per heavy atom. The van der Waals surface area contributed by atoms with Gasteiger partial charge in [-0.2, -0.15) is 0 Å². The maximum atomic E-state index is 8.72. The number of ether oxygens (including phenoxy) is 1. The highest BCUT2D eigenvalue weighted by molar-refractivity contribution is 6.30. The van der Waals surface area contributed by atoms with Crippen LogP contribution in [0.3, 0.4) is 0 Å². The number of hydrogen-bond acceptors (Lipinski definition) is 4. The molecule has 0 unspecified atom stereocenters. The van der Waals surface area contributed by atoms with Gasteiger partial charge in [0, 0.05) is 23.7 Å². The van der Waals surface area contributed by atoms with Crippen molar-refractivity contribution in [2.45, 2.75) is 26.5 Å². The second-order valence-corrected chi connectivity index (χ2v) is 6.47. The Labute approximate surface area is 155 Å². The van der Waals surface area contributed by atoms with Crippen molar-refractivity contribution in [3.8, 4) is 5.75 Å². The van der Waals surface area contributed by atoms with Gasteiger partial charge < -0.3 is 20.5 Å². The molecule has 25 heavy (non-hydrogen) atoms. The maximum Gasteiger partial charge on any atom is 0.124 e. The molecule has 0 aliphatic heterocycles. The molecule has 0 atom stereocenters. The first kappa shape index (κ1) is 19.7. The molecular weight excluding hydrogens is 336 g/mol. The van der Waals surface area contributed by atoms with Crippen molar-refractivity contribution in [2.75, 3.05) is 26.2 Å². The van der Waals surface area contributed by atoms with Crippen LogP contribution in [0.1, 0.15) is 23.1 Å². The van der Waals surface area contributed by atoms with Crippen molar-refractivity contribution in [3.63, 3.8) is 0 Å². The third-order valence-electron chi connectivity index (χ3n) is 3.85. The van der Waals surface area contributed by atoms with E-state index in [2.05, 4.69) is 41.8 Å². The zero-order valence-electron chi connectivity index (χ0n) is 14.7. The highest BCUT2D eigenvalue weighted by Gasteiger charge is 2.05. The van der Waals surface area contributed by atoms with E-state index in [0.717, 1.165) is 36.4 Å². The van der Waals surface area contributed by atoms with Gasteiger partial charge in [0.05, 0.1) is 6.61 Å². The molecule has 0 amide bonds. The molecule has 3 N–H and O–H groups in total. The van der Waals surface area contributed by atoms with Crippen LogP contribution in [0.5, 0.6) is 5.75 Å². The smallest absolute Gasteiger partial charge is 0.124 e. The molecule has 0 radical (unpaired) electrons. The summed E-state index contributed by atoms with van der Waals surface area (Å²) in [6.07, 6.45) is 1.00. The molecule has 0 fully saturated rings. The van der Waals surface area contributed by atoms with Crippen LogP contribution in [0, 0.1) is 6.92 Å². The molecule has 0 aromatic heterocycles.